The number of H-pyrrole nitrogens is 1. The van der Waals surface area contributed by atoms with E-state index in [0.717, 1.165) is 0 Å². The third kappa shape index (κ3) is 11.5. The van der Waals surface area contributed by atoms with Gasteiger partial charge < -0.3 is 24.9 Å². The third-order valence-corrected chi connectivity index (χ3v) is 3.37. The molecule has 0 radical (unpaired) electrons. The fraction of sp³-hybridized carbons (Fsp3) is 0.643. The molecular formula is C14H23N4NaO6S. The van der Waals surface area contributed by atoms with Crippen LogP contribution in [0.3, 0.4) is 0 Å². The Morgan fingerprint density at radius 2 is 2.12 bits per heavy atom. The summed E-state index contributed by atoms with van der Waals surface area (Å²) in [5, 5.41) is 4.33. The van der Waals surface area contributed by atoms with E-state index < -0.39 is 52.4 Å². The van der Waals surface area contributed by atoms with Gasteiger partial charge in [-0.05, 0) is 27.2 Å². The molecule has 0 saturated heterocycles. The van der Waals surface area contributed by atoms with Crippen LogP contribution in [-0.2, 0) is 26.1 Å². The zero-order chi connectivity index (χ0) is 20.9. The van der Waals surface area contributed by atoms with Gasteiger partial charge in [-0.2, -0.15) is 0 Å². The molecule has 1 atom stereocenters. The molecule has 3 N–H and O–H groups in total. The van der Waals surface area contributed by atoms with Crippen molar-refractivity contribution >= 4 is 22.1 Å². The Morgan fingerprint density at radius 3 is 2.62 bits per heavy atom. The summed E-state index contributed by atoms with van der Waals surface area (Å²) in [6, 6.07) is -1.23. The molecule has 1 unspecified atom stereocenters. The molecule has 1 rings (SSSR count). The molecule has 0 aliphatic heterocycles. The van der Waals surface area contributed by atoms with E-state index >= 15 is 0 Å². The molecule has 2 amide bonds. The number of hydrogen-bond acceptors (Lipinski definition) is 7. The van der Waals surface area contributed by atoms with Gasteiger partial charge in [-0.3, -0.25) is 4.79 Å². The van der Waals surface area contributed by atoms with Gasteiger partial charge in [0.1, 0.15) is 11.6 Å². The molecule has 142 valence electrons. The minimum absolute atomic E-state index is 0. The summed E-state index contributed by atoms with van der Waals surface area (Å²) >= 11 is 0. The van der Waals surface area contributed by atoms with Crippen LogP contribution in [0.15, 0.2) is 12.5 Å². The number of rotatable bonds is 8. The molecule has 0 aliphatic rings. The van der Waals surface area contributed by atoms with E-state index in [1.165, 1.54) is 12.5 Å². The molecule has 26 heavy (non-hydrogen) atoms. The Hall–Kier alpha value is -1.14. The predicted octanol–water partition coefficient (Wildman–Crippen LogP) is -3.10. The normalized spacial score (nSPS) is 14.3. The van der Waals surface area contributed by atoms with Gasteiger partial charge in [-0.25, -0.2) is 18.2 Å². The molecule has 12 heteroatoms. The third-order valence-electron chi connectivity index (χ3n) is 2.66. The predicted molar refractivity (Wildman–Crippen MR) is 87.6 cm³/mol. The number of nitrogens with one attached hydrogen (secondary N) is 3. The van der Waals surface area contributed by atoms with Crippen LogP contribution < -0.4 is 40.2 Å². The summed E-state index contributed by atoms with van der Waals surface area (Å²) in [4.78, 5) is 31.0. The Bertz CT molecular complexity index is 752. The minimum atomic E-state index is -4.64. The fourth-order valence-corrected chi connectivity index (χ4v) is 2.04. The van der Waals surface area contributed by atoms with Crippen LogP contribution in [0.25, 0.3) is 0 Å². The maximum atomic E-state index is 12.4. The molecule has 0 fully saturated rings. The number of carbonyl (C=O) groups excluding carboxylic acids is 2. The molecule has 0 bridgehead atoms. The molecule has 1 heterocycles. The Morgan fingerprint density at radius 1 is 1.46 bits per heavy atom. The first kappa shape index (κ1) is 21.2. The fourth-order valence-electron chi connectivity index (χ4n) is 1.68. The molecular weight excluding hydrogens is 375 g/mol. The van der Waals surface area contributed by atoms with Crippen LogP contribution in [-0.4, -0.2) is 58.8 Å². The summed E-state index contributed by atoms with van der Waals surface area (Å²) in [5.41, 5.74) is -0.386. The first-order valence-electron chi connectivity index (χ1n) is 8.40. The van der Waals surface area contributed by atoms with E-state index in [-0.39, 0.29) is 36.0 Å². The van der Waals surface area contributed by atoms with Gasteiger partial charge in [0.05, 0.1) is 22.1 Å². The number of hydrogen-bond donors (Lipinski definition) is 3. The van der Waals surface area contributed by atoms with E-state index in [4.69, 9.17) is 7.48 Å². The number of imidazole rings is 1. The van der Waals surface area contributed by atoms with Crippen LogP contribution in [0.5, 0.6) is 0 Å². The number of carbonyl (C=O) groups is 2. The zero-order valence-electron chi connectivity index (χ0n) is 17.2. The topological polar surface area (TPSA) is 153 Å². The molecule has 0 aromatic carbocycles. The van der Waals surface area contributed by atoms with E-state index in [1.807, 2.05) is 5.32 Å². The molecule has 1 aromatic heterocycles. The molecule has 10 nitrogen and oxygen atoms in total. The van der Waals surface area contributed by atoms with E-state index in [0.29, 0.717) is 5.69 Å². The second kappa shape index (κ2) is 10.9. The van der Waals surface area contributed by atoms with Gasteiger partial charge in [0.15, 0.2) is 0 Å². The van der Waals surface area contributed by atoms with Gasteiger partial charge in [0.25, 0.3) is 0 Å². The quantitative estimate of drug-likeness (QED) is 0.309. The van der Waals surface area contributed by atoms with Crippen molar-refractivity contribution in [3.63, 3.8) is 0 Å². The van der Waals surface area contributed by atoms with Crippen molar-refractivity contribution in [1.82, 2.24) is 20.6 Å². The van der Waals surface area contributed by atoms with Crippen molar-refractivity contribution in [3.8, 4) is 0 Å². The molecule has 0 saturated carbocycles. The Labute approximate surface area is 177 Å². The largest absolute Gasteiger partial charge is 1.00 e. The van der Waals surface area contributed by atoms with E-state index in [1.54, 1.807) is 20.8 Å². The average molecular weight is 400 g/mol. The average Bonchev–Trinajstić information content (AvgIpc) is 2.94. The van der Waals surface area contributed by atoms with E-state index in [9.17, 15) is 22.6 Å². The zero-order valence-corrected chi connectivity index (χ0v) is 18.0. The van der Waals surface area contributed by atoms with Crippen molar-refractivity contribution in [1.29, 1.82) is 0 Å². The monoisotopic (exact) mass is 400 g/mol. The number of aromatic amines is 1. The van der Waals surface area contributed by atoms with Crippen LogP contribution >= 0.6 is 0 Å². The van der Waals surface area contributed by atoms with Gasteiger partial charge >= 0.3 is 35.7 Å². The number of alkyl carbamates (subject to hydrolysis) is 1. The summed E-state index contributed by atoms with van der Waals surface area (Å²) in [5.74, 6) is -1.90. The smallest absolute Gasteiger partial charge is 0.748 e. The maximum absolute atomic E-state index is 12.4. The maximum Gasteiger partial charge on any atom is 1.00 e. The summed E-state index contributed by atoms with van der Waals surface area (Å²) in [7, 11) is -4.64. The minimum Gasteiger partial charge on any atom is -0.748 e. The number of aromatic nitrogens is 2. The van der Waals surface area contributed by atoms with Crippen molar-refractivity contribution in [2.24, 2.45) is 0 Å². The number of amides is 2. The van der Waals surface area contributed by atoms with Crippen molar-refractivity contribution in [2.75, 3.05) is 12.2 Å². The Kier molecular flexibility index (Phi) is 8.85. The SMILES string of the molecule is [2H]C([2H])(CCS(=O)(=O)[O-])NC(=O)C(Cc1c[nH]cn1)NC(=O)OC(C)(C)C.[Na+]. The first-order chi connectivity index (χ1) is 12.2. The standard InChI is InChI=1S/C14H24N4O6S.Na/c1-14(2,3)24-13(20)18-11(7-10-8-15-9-17-10)12(19)16-5-4-6-25(21,22)23;/h8-9,11H,4-7H2,1-3H3,(H,15,17)(H,16,19)(H,18,20)(H,21,22,23);/q;+1/p-1/i5D2;. The van der Waals surface area contributed by atoms with Crippen LogP contribution in [0.4, 0.5) is 4.79 Å². The molecule has 1 aromatic rings. The Balaban J connectivity index is 0.00000729. The second-order valence-corrected chi connectivity index (χ2v) is 7.66. The van der Waals surface area contributed by atoms with Crippen molar-refractivity contribution in [3.05, 3.63) is 18.2 Å². The van der Waals surface area contributed by atoms with Crippen LogP contribution in [0, 0.1) is 0 Å². The molecule has 0 spiro atoms. The van der Waals surface area contributed by atoms with Gasteiger partial charge in [-0.15, -0.1) is 0 Å². The van der Waals surface area contributed by atoms with Crippen molar-refractivity contribution < 1.29 is 59.6 Å². The summed E-state index contributed by atoms with van der Waals surface area (Å²) in [6.45, 7) is 2.44. The first-order valence-corrected chi connectivity index (χ1v) is 8.97. The summed E-state index contributed by atoms with van der Waals surface area (Å²) in [6.07, 6.45) is 1.18. The van der Waals surface area contributed by atoms with E-state index in [2.05, 4.69) is 15.3 Å². The number of nitrogens with zero attached hydrogens (tertiary/aromatic N) is 1. The van der Waals surface area contributed by atoms with Gasteiger partial charge in [0.2, 0.25) is 5.91 Å². The second-order valence-electron chi connectivity index (χ2n) is 6.14. The van der Waals surface area contributed by atoms with Gasteiger partial charge in [0, 0.05) is 27.6 Å². The number of ether oxygens (including phenoxy) is 1. The summed E-state index contributed by atoms with van der Waals surface area (Å²) < 4.78 is 52.4. The molecule has 0 aliphatic carbocycles. The van der Waals surface area contributed by atoms with Crippen LogP contribution in [0.1, 0.15) is 35.6 Å². The van der Waals surface area contributed by atoms with Crippen LogP contribution in [0.2, 0.25) is 0 Å². The van der Waals surface area contributed by atoms with Crippen molar-refractivity contribution in [2.45, 2.75) is 45.3 Å². The van der Waals surface area contributed by atoms with Gasteiger partial charge in [-0.1, -0.05) is 0 Å².